The standard InChI is InChI=1S/C20H23N3O3/c1-26-18-9-7-15(8-10-18)11-12-21-20(25)22-16-13-19(24)23(14-16)17-5-3-2-4-6-17/h2-10,16H,11-14H2,1H3,(H2,21,22,25)/t16-/m1/s1. The number of methoxy groups -OCH3 is 1. The van der Waals surface area contributed by atoms with Crippen LogP contribution in [-0.2, 0) is 11.2 Å². The van der Waals surface area contributed by atoms with Crippen molar-refractivity contribution in [1.29, 1.82) is 0 Å². The predicted octanol–water partition coefficient (Wildman–Crippen LogP) is 2.34. The third-order valence-corrected chi connectivity index (χ3v) is 4.39. The van der Waals surface area contributed by atoms with Crippen molar-refractivity contribution in [2.24, 2.45) is 0 Å². The first kappa shape index (κ1) is 17.8. The van der Waals surface area contributed by atoms with E-state index in [2.05, 4.69) is 10.6 Å². The Hall–Kier alpha value is -3.02. The van der Waals surface area contributed by atoms with Crippen LogP contribution >= 0.6 is 0 Å². The third-order valence-electron chi connectivity index (χ3n) is 4.39. The summed E-state index contributed by atoms with van der Waals surface area (Å²) in [5.41, 5.74) is 1.99. The number of nitrogens with one attached hydrogen (secondary N) is 2. The van der Waals surface area contributed by atoms with Crippen LogP contribution in [0.4, 0.5) is 10.5 Å². The Morgan fingerprint density at radius 3 is 2.58 bits per heavy atom. The normalized spacial score (nSPS) is 16.4. The molecule has 136 valence electrons. The molecule has 3 amide bonds. The summed E-state index contributed by atoms with van der Waals surface area (Å²) >= 11 is 0. The van der Waals surface area contributed by atoms with Crippen molar-refractivity contribution in [3.63, 3.8) is 0 Å². The van der Waals surface area contributed by atoms with E-state index in [0.717, 1.165) is 23.4 Å². The van der Waals surface area contributed by atoms with Crippen LogP contribution in [0.3, 0.4) is 0 Å². The molecule has 2 aromatic carbocycles. The van der Waals surface area contributed by atoms with Crippen molar-refractivity contribution in [3.8, 4) is 5.75 Å². The third kappa shape index (κ3) is 4.53. The predicted molar refractivity (Wildman–Crippen MR) is 100 cm³/mol. The zero-order chi connectivity index (χ0) is 18.4. The van der Waals surface area contributed by atoms with E-state index in [1.165, 1.54) is 0 Å². The summed E-state index contributed by atoms with van der Waals surface area (Å²) < 4.78 is 5.12. The van der Waals surface area contributed by atoms with Gasteiger partial charge in [0.2, 0.25) is 5.91 Å². The van der Waals surface area contributed by atoms with Gasteiger partial charge >= 0.3 is 6.03 Å². The maximum absolute atomic E-state index is 12.2. The molecule has 1 aliphatic heterocycles. The van der Waals surface area contributed by atoms with Crippen molar-refractivity contribution in [1.82, 2.24) is 10.6 Å². The lowest BCUT2D eigenvalue weighted by Gasteiger charge is -2.17. The highest BCUT2D eigenvalue weighted by Gasteiger charge is 2.31. The minimum Gasteiger partial charge on any atom is -0.497 e. The number of ether oxygens (including phenoxy) is 1. The first-order chi connectivity index (χ1) is 12.7. The topological polar surface area (TPSA) is 70.7 Å². The molecule has 2 N–H and O–H groups in total. The van der Waals surface area contributed by atoms with E-state index in [0.29, 0.717) is 19.5 Å². The van der Waals surface area contributed by atoms with E-state index in [4.69, 9.17) is 4.74 Å². The summed E-state index contributed by atoms with van der Waals surface area (Å²) in [6.07, 6.45) is 1.05. The van der Waals surface area contributed by atoms with E-state index >= 15 is 0 Å². The van der Waals surface area contributed by atoms with Crippen molar-refractivity contribution in [2.45, 2.75) is 18.9 Å². The van der Waals surface area contributed by atoms with Crippen LogP contribution in [0.15, 0.2) is 54.6 Å². The van der Waals surface area contributed by atoms with Crippen LogP contribution in [0.25, 0.3) is 0 Å². The fraction of sp³-hybridized carbons (Fsp3) is 0.300. The molecule has 1 heterocycles. The molecular weight excluding hydrogens is 330 g/mol. The molecule has 1 atom stereocenters. The Morgan fingerprint density at radius 2 is 1.88 bits per heavy atom. The number of rotatable bonds is 6. The van der Waals surface area contributed by atoms with Gasteiger partial charge in [-0.3, -0.25) is 4.79 Å². The van der Waals surface area contributed by atoms with Gasteiger partial charge in [0.15, 0.2) is 0 Å². The van der Waals surface area contributed by atoms with Crippen molar-refractivity contribution < 1.29 is 14.3 Å². The summed E-state index contributed by atoms with van der Waals surface area (Å²) in [5, 5.41) is 5.73. The molecule has 0 radical (unpaired) electrons. The maximum atomic E-state index is 12.2. The number of anilines is 1. The number of urea groups is 1. The highest BCUT2D eigenvalue weighted by atomic mass is 16.5. The summed E-state index contributed by atoms with van der Waals surface area (Å²) in [5.74, 6) is 0.841. The highest BCUT2D eigenvalue weighted by Crippen LogP contribution is 2.20. The molecule has 0 bridgehead atoms. The van der Waals surface area contributed by atoms with Crippen molar-refractivity contribution in [2.75, 3.05) is 25.1 Å². The van der Waals surface area contributed by atoms with Gasteiger partial charge in [-0.05, 0) is 36.2 Å². The van der Waals surface area contributed by atoms with E-state index in [1.54, 1.807) is 12.0 Å². The molecule has 6 heteroatoms. The molecule has 6 nitrogen and oxygen atoms in total. The van der Waals surface area contributed by atoms with Gasteiger partial charge < -0.3 is 20.3 Å². The van der Waals surface area contributed by atoms with Crippen LogP contribution in [-0.4, -0.2) is 38.2 Å². The molecule has 3 rings (SSSR count). The lowest BCUT2D eigenvalue weighted by Crippen LogP contribution is -2.43. The largest absolute Gasteiger partial charge is 0.497 e. The molecular formula is C20H23N3O3. The zero-order valence-electron chi connectivity index (χ0n) is 14.8. The minimum atomic E-state index is -0.244. The number of benzene rings is 2. The Balaban J connectivity index is 1.43. The second kappa shape index (κ2) is 8.38. The Labute approximate surface area is 153 Å². The second-order valence-corrected chi connectivity index (χ2v) is 6.24. The number of hydrogen-bond donors (Lipinski definition) is 2. The van der Waals surface area contributed by atoms with E-state index in [9.17, 15) is 9.59 Å². The van der Waals surface area contributed by atoms with E-state index in [1.807, 2.05) is 54.6 Å². The van der Waals surface area contributed by atoms with Crippen LogP contribution in [0.1, 0.15) is 12.0 Å². The molecule has 0 saturated carbocycles. The van der Waals surface area contributed by atoms with Gasteiger partial charge in [0.25, 0.3) is 0 Å². The zero-order valence-corrected chi connectivity index (χ0v) is 14.8. The fourth-order valence-corrected chi connectivity index (χ4v) is 3.01. The van der Waals surface area contributed by atoms with Crippen molar-refractivity contribution >= 4 is 17.6 Å². The summed E-state index contributed by atoms with van der Waals surface area (Å²) in [6.45, 7) is 1.02. The molecule has 0 aromatic heterocycles. The van der Waals surface area contributed by atoms with Gasteiger partial charge in [0.05, 0.1) is 13.2 Å². The van der Waals surface area contributed by atoms with Gasteiger partial charge in [0, 0.05) is 25.2 Å². The average Bonchev–Trinajstić information content (AvgIpc) is 3.03. The Bertz CT molecular complexity index is 747. The maximum Gasteiger partial charge on any atom is 0.315 e. The number of nitrogens with zero attached hydrogens (tertiary/aromatic N) is 1. The molecule has 1 fully saturated rings. The molecule has 0 aliphatic carbocycles. The average molecular weight is 353 g/mol. The molecule has 26 heavy (non-hydrogen) atoms. The first-order valence-corrected chi connectivity index (χ1v) is 8.68. The van der Waals surface area contributed by atoms with Crippen LogP contribution in [0, 0.1) is 0 Å². The van der Waals surface area contributed by atoms with Crippen LogP contribution in [0.2, 0.25) is 0 Å². The summed E-state index contributed by atoms with van der Waals surface area (Å²) in [4.78, 5) is 25.9. The van der Waals surface area contributed by atoms with Gasteiger partial charge in [-0.25, -0.2) is 4.79 Å². The highest BCUT2D eigenvalue weighted by molar-refractivity contribution is 5.96. The number of hydrogen-bond acceptors (Lipinski definition) is 3. The summed E-state index contributed by atoms with van der Waals surface area (Å²) in [7, 11) is 1.63. The number of para-hydroxylation sites is 1. The molecule has 1 aliphatic rings. The number of carbonyl (C=O) groups is 2. The van der Waals surface area contributed by atoms with Crippen LogP contribution < -0.4 is 20.3 Å². The molecule has 0 unspecified atom stereocenters. The lowest BCUT2D eigenvalue weighted by molar-refractivity contribution is -0.117. The van der Waals surface area contributed by atoms with E-state index in [-0.39, 0.29) is 18.0 Å². The number of carbonyl (C=O) groups excluding carboxylic acids is 2. The monoisotopic (exact) mass is 353 g/mol. The number of amides is 3. The Kier molecular flexibility index (Phi) is 5.73. The minimum absolute atomic E-state index is 0.0275. The smallest absolute Gasteiger partial charge is 0.315 e. The van der Waals surface area contributed by atoms with E-state index < -0.39 is 0 Å². The van der Waals surface area contributed by atoms with Crippen LogP contribution in [0.5, 0.6) is 5.75 Å². The van der Waals surface area contributed by atoms with Gasteiger partial charge in [-0.1, -0.05) is 30.3 Å². The lowest BCUT2D eigenvalue weighted by atomic mass is 10.1. The quantitative estimate of drug-likeness (QED) is 0.837. The molecule has 2 aromatic rings. The van der Waals surface area contributed by atoms with Gasteiger partial charge in [-0.2, -0.15) is 0 Å². The van der Waals surface area contributed by atoms with Crippen molar-refractivity contribution in [3.05, 3.63) is 60.2 Å². The Morgan fingerprint density at radius 1 is 1.15 bits per heavy atom. The second-order valence-electron chi connectivity index (χ2n) is 6.24. The van der Waals surface area contributed by atoms with Gasteiger partial charge in [0.1, 0.15) is 5.75 Å². The molecule has 1 saturated heterocycles. The fourth-order valence-electron chi connectivity index (χ4n) is 3.01. The van der Waals surface area contributed by atoms with Gasteiger partial charge in [-0.15, -0.1) is 0 Å². The SMILES string of the molecule is COc1ccc(CCNC(=O)N[C@@H]2CC(=O)N(c3ccccc3)C2)cc1. The molecule has 0 spiro atoms. The first-order valence-electron chi connectivity index (χ1n) is 8.68. The summed E-state index contributed by atoms with van der Waals surface area (Å²) in [6, 6.07) is 16.8.